The second-order valence-electron chi connectivity index (χ2n) is 7.91. The average Bonchev–Trinajstić information content (AvgIpc) is 2.79. The first-order chi connectivity index (χ1) is 16.1. The number of aromatic nitrogens is 1. The fraction of sp³-hybridized carbons (Fsp3) is 0.261. The molecule has 180 valence electrons. The number of pyridine rings is 1. The minimum atomic E-state index is -4.42. The van der Waals surface area contributed by atoms with E-state index in [9.17, 15) is 26.0 Å². The smallest absolute Gasteiger partial charge is 0.422 e. The molecule has 0 bridgehead atoms. The zero-order valence-corrected chi connectivity index (χ0v) is 18.7. The standard InChI is InChI=1S/C23H21F4N3O3S/c24-19-3-5-20(6-4-19)29-34(31,32)21-7-2-18-14-30(10-9-17(18)11-21)13-16-1-8-22(28-12-16)33-15-23(25,26)27/h1-8,11-12,29H,9-10,13-15H2. The molecule has 0 amide bonds. The maximum atomic E-state index is 13.1. The fourth-order valence-corrected chi connectivity index (χ4v) is 4.73. The monoisotopic (exact) mass is 495 g/mol. The Hall–Kier alpha value is -3.18. The number of nitrogens with one attached hydrogen (secondary N) is 1. The molecule has 0 fully saturated rings. The molecule has 0 unspecified atom stereocenters. The van der Waals surface area contributed by atoms with E-state index in [1.807, 2.05) is 0 Å². The number of ether oxygens (including phenoxy) is 1. The van der Waals surface area contributed by atoms with Crippen molar-refractivity contribution in [2.24, 2.45) is 0 Å². The minimum absolute atomic E-state index is 0.0898. The van der Waals surface area contributed by atoms with Crippen molar-refractivity contribution in [1.29, 1.82) is 0 Å². The Morgan fingerprint density at radius 1 is 1.03 bits per heavy atom. The second-order valence-corrected chi connectivity index (χ2v) is 9.59. The van der Waals surface area contributed by atoms with Crippen LogP contribution in [0.5, 0.6) is 5.88 Å². The summed E-state index contributed by atoms with van der Waals surface area (Å²) < 4.78 is 82.3. The van der Waals surface area contributed by atoms with E-state index in [4.69, 9.17) is 0 Å². The van der Waals surface area contributed by atoms with Crippen molar-refractivity contribution in [2.75, 3.05) is 17.9 Å². The molecule has 1 N–H and O–H groups in total. The van der Waals surface area contributed by atoms with Gasteiger partial charge < -0.3 is 4.74 Å². The summed E-state index contributed by atoms with van der Waals surface area (Å²) in [4.78, 5) is 6.19. The summed E-state index contributed by atoms with van der Waals surface area (Å²) in [6.45, 7) is 0.416. The summed E-state index contributed by atoms with van der Waals surface area (Å²) in [5, 5.41) is 0. The first-order valence-electron chi connectivity index (χ1n) is 10.3. The number of sulfonamides is 1. The SMILES string of the molecule is O=S(=O)(Nc1ccc(F)cc1)c1ccc2c(c1)CCN(Cc1ccc(OCC(F)(F)F)nc1)C2. The normalized spacial score (nSPS) is 14.5. The largest absolute Gasteiger partial charge is 0.468 e. The van der Waals surface area contributed by atoms with Gasteiger partial charge >= 0.3 is 6.18 Å². The first kappa shape index (κ1) is 24.0. The van der Waals surface area contributed by atoms with E-state index in [0.717, 1.165) is 16.7 Å². The maximum absolute atomic E-state index is 13.1. The van der Waals surface area contributed by atoms with Gasteiger partial charge in [-0.1, -0.05) is 12.1 Å². The number of fused-ring (bicyclic) bond motifs is 1. The van der Waals surface area contributed by atoms with Crippen LogP contribution in [0.2, 0.25) is 0 Å². The number of hydrogen-bond donors (Lipinski definition) is 1. The highest BCUT2D eigenvalue weighted by Gasteiger charge is 2.28. The number of halogens is 4. The molecule has 1 aliphatic rings. The minimum Gasteiger partial charge on any atom is -0.468 e. The van der Waals surface area contributed by atoms with Crippen molar-refractivity contribution in [3.63, 3.8) is 0 Å². The Bertz CT molecular complexity index is 1250. The van der Waals surface area contributed by atoms with Crippen LogP contribution < -0.4 is 9.46 Å². The maximum Gasteiger partial charge on any atom is 0.422 e. The molecule has 0 spiro atoms. The number of alkyl halides is 3. The molecule has 1 aliphatic heterocycles. The van der Waals surface area contributed by atoms with E-state index in [-0.39, 0.29) is 16.5 Å². The second kappa shape index (κ2) is 9.59. The lowest BCUT2D eigenvalue weighted by atomic mass is 9.99. The molecule has 34 heavy (non-hydrogen) atoms. The predicted octanol–water partition coefficient (Wildman–Crippen LogP) is 4.52. The predicted molar refractivity (Wildman–Crippen MR) is 117 cm³/mol. The summed E-state index contributed by atoms with van der Waals surface area (Å²) >= 11 is 0. The van der Waals surface area contributed by atoms with Crippen LogP contribution in [-0.4, -0.2) is 37.6 Å². The molecule has 0 atom stereocenters. The van der Waals surface area contributed by atoms with Gasteiger partial charge in [0.05, 0.1) is 4.90 Å². The highest BCUT2D eigenvalue weighted by Crippen LogP contribution is 2.25. The summed E-state index contributed by atoms with van der Waals surface area (Å²) in [6, 6.07) is 13.1. The Balaban J connectivity index is 1.38. The summed E-state index contributed by atoms with van der Waals surface area (Å²) in [6.07, 6.45) is -2.30. The van der Waals surface area contributed by atoms with Crippen LogP contribution in [0.15, 0.2) is 65.7 Å². The zero-order valence-electron chi connectivity index (χ0n) is 17.8. The topological polar surface area (TPSA) is 71.5 Å². The van der Waals surface area contributed by atoms with Gasteiger partial charge in [-0.25, -0.2) is 17.8 Å². The Morgan fingerprint density at radius 2 is 1.79 bits per heavy atom. The lowest BCUT2D eigenvalue weighted by Gasteiger charge is -2.29. The molecule has 2 aromatic carbocycles. The molecule has 1 aromatic heterocycles. The van der Waals surface area contributed by atoms with Gasteiger partial charge in [0.1, 0.15) is 5.82 Å². The Morgan fingerprint density at radius 3 is 2.47 bits per heavy atom. The molecular formula is C23H21F4N3O3S. The summed E-state index contributed by atoms with van der Waals surface area (Å²) in [5.41, 5.74) is 3.01. The van der Waals surface area contributed by atoms with Gasteiger partial charge in [-0.2, -0.15) is 13.2 Å². The molecule has 0 saturated carbocycles. The number of benzene rings is 2. The van der Waals surface area contributed by atoms with Gasteiger partial charge in [0, 0.05) is 37.6 Å². The molecule has 3 aromatic rings. The van der Waals surface area contributed by atoms with Crippen LogP contribution in [0.25, 0.3) is 0 Å². The number of rotatable bonds is 7. The van der Waals surface area contributed by atoms with Crippen LogP contribution >= 0.6 is 0 Å². The van der Waals surface area contributed by atoms with Crippen molar-refractivity contribution >= 4 is 15.7 Å². The number of anilines is 1. The molecule has 0 saturated heterocycles. The quantitative estimate of drug-likeness (QED) is 0.488. The van der Waals surface area contributed by atoms with E-state index in [1.54, 1.807) is 18.2 Å². The summed E-state index contributed by atoms with van der Waals surface area (Å²) in [5.74, 6) is -0.546. The van der Waals surface area contributed by atoms with Gasteiger partial charge in [0.25, 0.3) is 10.0 Å². The highest BCUT2D eigenvalue weighted by molar-refractivity contribution is 7.92. The Kier molecular flexibility index (Phi) is 6.76. The van der Waals surface area contributed by atoms with Crippen molar-refractivity contribution in [3.05, 3.63) is 83.3 Å². The van der Waals surface area contributed by atoms with Crippen LogP contribution in [0.1, 0.15) is 16.7 Å². The van der Waals surface area contributed by atoms with E-state index in [0.29, 0.717) is 26.1 Å². The van der Waals surface area contributed by atoms with Gasteiger partial charge in [-0.05, 0) is 59.5 Å². The molecule has 0 aliphatic carbocycles. The van der Waals surface area contributed by atoms with Crippen LogP contribution in [0.3, 0.4) is 0 Å². The third-order valence-electron chi connectivity index (χ3n) is 5.26. The van der Waals surface area contributed by atoms with Crippen molar-refractivity contribution in [3.8, 4) is 5.88 Å². The molecule has 0 radical (unpaired) electrons. The fourth-order valence-electron chi connectivity index (χ4n) is 3.63. The van der Waals surface area contributed by atoms with Crippen LogP contribution in [-0.2, 0) is 29.5 Å². The molecular weight excluding hydrogens is 474 g/mol. The molecule has 2 heterocycles. The van der Waals surface area contributed by atoms with Crippen LogP contribution in [0.4, 0.5) is 23.2 Å². The van der Waals surface area contributed by atoms with E-state index >= 15 is 0 Å². The first-order valence-corrected chi connectivity index (χ1v) is 11.8. The van der Waals surface area contributed by atoms with E-state index < -0.39 is 28.6 Å². The number of nitrogens with zero attached hydrogens (tertiary/aromatic N) is 2. The van der Waals surface area contributed by atoms with E-state index in [1.165, 1.54) is 42.6 Å². The lowest BCUT2D eigenvalue weighted by molar-refractivity contribution is -0.154. The molecule has 11 heteroatoms. The van der Waals surface area contributed by atoms with Crippen molar-refractivity contribution < 1.29 is 30.7 Å². The Labute approximate surface area is 194 Å². The molecule has 4 rings (SSSR count). The average molecular weight is 495 g/mol. The van der Waals surface area contributed by atoms with Gasteiger partial charge in [-0.15, -0.1) is 0 Å². The molecule has 6 nitrogen and oxygen atoms in total. The van der Waals surface area contributed by atoms with Gasteiger partial charge in [0.15, 0.2) is 6.61 Å². The van der Waals surface area contributed by atoms with Gasteiger partial charge in [0.2, 0.25) is 5.88 Å². The summed E-state index contributed by atoms with van der Waals surface area (Å²) in [7, 11) is -3.82. The van der Waals surface area contributed by atoms with Crippen LogP contribution in [0, 0.1) is 5.82 Å². The lowest BCUT2D eigenvalue weighted by Crippen LogP contribution is -2.30. The van der Waals surface area contributed by atoms with Crippen molar-refractivity contribution in [2.45, 2.75) is 30.6 Å². The van der Waals surface area contributed by atoms with E-state index in [2.05, 4.69) is 19.3 Å². The number of hydrogen-bond acceptors (Lipinski definition) is 5. The van der Waals surface area contributed by atoms with Crippen molar-refractivity contribution in [1.82, 2.24) is 9.88 Å². The highest BCUT2D eigenvalue weighted by atomic mass is 32.2. The third kappa shape index (κ3) is 6.23. The zero-order chi connectivity index (χ0) is 24.3. The third-order valence-corrected chi connectivity index (χ3v) is 6.64. The van der Waals surface area contributed by atoms with Gasteiger partial charge in [-0.3, -0.25) is 9.62 Å².